The minimum Gasteiger partial charge on any atom is -0.514 e. The third kappa shape index (κ3) is 12.3. The van der Waals surface area contributed by atoms with Crippen LogP contribution < -0.4 is 5.73 Å². The fraction of sp³-hybridized carbons (Fsp3) is 0.882. The molecule has 0 saturated heterocycles. The maximum absolute atomic E-state index is 9.53. The minimum absolute atomic E-state index is 0.174. The Morgan fingerprint density at radius 2 is 1.25 bits per heavy atom. The normalized spacial score (nSPS) is 13.6. The molecule has 1 atom stereocenters. The molecule has 0 aliphatic carbocycles. The first kappa shape index (κ1) is 19.3. The molecule has 0 saturated carbocycles. The monoisotopic (exact) mass is 285 g/mol. The molecule has 0 aliphatic rings. The lowest BCUT2D eigenvalue weighted by molar-refractivity contribution is 0.190. The second-order valence-electron chi connectivity index (χ2n) is 5.82. The summed E-state index contributed by atoms with van der Waals surface area (Å²) in [5.74, 6) is 0. The zero-order chi connectivity index (χ0) is 15.1. The summed E-state index contributed by atoms with van der Waals surface area (Å²) in [7, 11) is 0. The number of aliphatic hydroxyl groups is 2. The Hall–Kier alpha value is -0.700. The summed E-state index contributed by atoms with van der Waals surface area (Å²) in [5.41, 5.74) is 5.59. The molecule has 4 N–H and O–H groups in total. The van der Waals surface area contributed by atoms with Crippen molar-refractivity contribution in [3.63, 3.8) is 0 Å². The zero-order valence-corrected chi connectivity index (χ0v) is 13.3. The van der Waals surface area contributed by atoms with Crippen LogP contribution in [0.5, 0.6) is 0 Å². The molecule has 0 radical (unpaired) electrons. The van der Waals surface area contributed by atoms with Crippen LogP contribution in [0, 0.1) is 0 Å². The minimum atomic E-state index is -0.678. The summed E-state index contributed by atoms with van der Waals surface area (Å²) in [6, 6.07) is 0. The highest BCUT2D eigenvalue weighted by Crippen LogP contribution is 2.13. The van der Waals surface area contributed by atoms with E-state index in [1.165, 1.54) is 64.2 Å². The molecule has 0 spiro atoms. The van der Waals surface area contributed by atoms with Crippen LogP contribution in [0.4, 0.5) is 0 Å². The zero-order valence-electron chi connectivity index (χ0n) is 13.3. The summed E-state index contributed by atoms with van der Waals surface area (Å²) < 4.78 is 0. The van der Waals surface area contributed by atoms with Crippen LogP contribution in [0.3, 0.4) is 0 Å². The van der Waals surface area contributed by atoms with Crippen LogP contribution in [0.15, 0.2) is 12.0 Å². The SMILES string of the molecule is CCCCCCCCCCCCCCC(O)C(N)=CO. The highest BCUT2D eigenvalue weighted by molar-refractivity contribution is 4.97. The fourth-order valence-corrected chi connectivity index (χ4v) is 2.43. The van der Waals surface area contributed by atoms with Gasteiger partial charge < -0.3 is 15.9 Å². The van der Waals surface area contributed by atoms with Gasteiger partial charge >= 0.3 is 0 Å². The van der Waals surface area contributed by atoms with Gasteiger partial charge in [-0.25, -0.2) is 0 Å². The van der Waals surface area contributed by atoms with Crippen molar-refractivity contribution in [2.75, 3.05) is 0 Å². The fourth-order valence-electron chi connectivity index (χ4n) is 2.43. The number of hydrogen-bond donors (Lipinski definition) is 3. The molecule has 0 amide bonds. The summed E-state index contributed by atoms with van der Waals surface area (Å²) in [5, 5.41) is 18.2. The first-order valence-corrected chi connectivity index (χ1v) is 8.50. The Kier molecular flexibility index (Phi) is 14.2. The predicted octanol–water partition coefficient (Wildman–Crippen LogP) is 4.80. The average molecular weight is 285 g/mol. The Morgan fingerprint density at radius 3 is 1.65 bits per heavy atom. The van der Waals surface area contributed by atoms with E-state index in [2.05, 4.69) is 6.92 Å². The molecule has 1 unspecified atom stereocenters. The van der Waals surface area contributed by atoms with E-state index >= 15 is 0 Å². The average Bonchev–Trinajstić information content (AvgIpc) is 2.47. The van der Waals surface area contributed by atoms with Crippen molar-refractivity contribution in [3.05, 3.63) is 12.0 Å². The summed E-state index contributed by atoms with van der Waals surface area (Å²) >= 11 is 0. The van der Waals surface area contributed by atoms with Crippen LogP contribution in [0.1, 0.15) is 90.4 Å². The van der Waals surface area contributed by atoms with Gasteiger partial charge in [-0.15, -0.1) is 0 Å². The summed E-state index contributed by atoms with van der Waals surface area (Å²) in [6.45, 7) is 2.26. The maximum Gasteiger partial charge on any atom is 0.101 e. The Morgan fingerprint density at radius 1 is 0.850 bits per heavy atom. The third-order valence-corrected chi connectivity index (χ3v) is 3.86. The quantitative estimate of drug-likeness (QED) is 0.317. The van der Waals surface area contributed by atoms with E-state index in [-0.39, 0.29) is 5.70 Å². The number of hydrogen-bond acceptors (Lipinski definition) is 3. The summed E-state index contributed by atoms with van der Waals surface area (Å²) in [4.78, 5) is 0. The molecular weight excluding hydrogens is 250 g/mol. The van der Waals surface area contributed by atoms with Gasteiger partial charge in [0, 0.05) is 0 Å². The smallest absolute Gasteiger partial charge is 0.101 e. The lowest BCUT2D eigenvalue weighted by Gasteiger charge is -2.09. The third-order valence-electron chi connectivity index (χ3n) is 3.86. The van der Waals surface area contributed by atoms with Gasteiger partial charge in [0.05, 0.1) is 11.8 Å². The highest BCUT2D eigenvalue weighted by atomic mass is 16.3. The second kappa shape index (κ2) is 14.7. The predicted molar refractivity (Wildman–Crippen MR) is 86.6 cm³/mol. The molecule has 0 aliphatic heterocycles. The molecule has 3 nitrogen and oxygen atoms in total. The van der Waals surface area contributed by atoms with Crippen molar-refractivity contribution in [1.82, 2.24) is 0 Å². The first-order chi connectivity index (χ1) is 9.72. The van der Waals surface area contributed by atoms with E-state index in [0.717, 1.165) is 19.1 Å². The van der Waals surface area contributed by atoms with Gasteiger partial charge in [0.2, 0.25) is 0 Å². The van der Waals surface area contributed by atoms with Gasteiger partial charge in [-0.05, 0) is 6.42 Å². The molecule has 0 aromatic rings. The molecule has 0 rings (SSSR count). The van der Waals surface area contributed by atoms with Crippen molar-refractivity contribution in [1.29, 1.82) is 0 Å². The van der Waals surface area contributed by atoms with Crippen molar-refractivity contribution in [2.45, 2.75) is 96.5 Å². The lowest BCUT2D eigenvalue weighted by Crippen LogP contribution is -2.17. The van der Waals surface area contributed by atoms with Crippen LogP contribution in [0.2, 0.25) is 0 Å². The maximum atomic E-state index is 9.53. The lowest BCUT2D eigenvalue weighted by atomic mass is 10.0. The van der Waals surface area contributed by atoms with Crippen molar-refractivity contribution in [2.24, 2.45) is 5.73 Å². The van der Waals surface area contributed by atoms with Crippen LogP contribution >= 0.6 is 0 Å². The molecule has 0 aromatic heterocycles. The van der Waals surface area contributed by atoms with Crippen molar-refractivity contribution >= 4 is 0 Å². The van der Waals surface area contributed by atoms with E-state index in [1.54, 1.807) is 0 Å². The molecule has 120 valence electrons. The van der Waals surface area contributed by atoms with Crippen LogP contribution in [0.25, 0.3) is 0 Å². The van der Waals surface area contributed by atoms with E-state index in [4.69, 9.17) is 10.8 Å². The van der Waals surface area contributed by atoms with Crippen molar-refractivity contribution < 1.29 is 10.2 Å². The van der Waals surface area contributed by atoms with Gasteiger partial charge in [-0.3, -0.25) is 0 Å². The van der Waals surface area contributed by atoms with E-state index in [0.29, 0.717) is 6.42 Å². The van der Waals surface area contributed by atoms with E-state index < -0.39 is 6.10 Å². The number of aliphatic hydroxyl groups excluding tert-OH is 2. The number of nitrogens with two attached hydrogens (primary N) is 1. The van der Waals surface area contributed by atoms with Gasteiger partial charge in [0.15, 0.2) is 0 Å². The van der Waals surface area contributed by atoms with E-state index in [1.807, 2.05) is 0 Å². The number of rotatable bonds is 14. The van der Waals surface area contributed by atoms with E-state index in [9.17, 15) is 5.11 Å². The Balaban J connectivity index is 3.13. The Bertz CT molecular complexity index is 229. The molecule has 3 heteroatoms. The second-order valence-corrected chi connectivity index (χ2v) is 5.82. The van der Waals surface area contributed by atoms with Gasteiger partial charge in [0.25, 0.3) is 0 Å². The van der Waals surface area contributed by atoms with Crippen LogP contribution in [-0.4, -0.2) is 16.3 Å². The highest BCUT2D eigenvalue weighted by Gasteiger charge is 2.06. The molecule has 0 bridgehead atoms. The molecule has 0 aromatic carbocycles. The number of unbranched alkanes of at least 4 members (excludes halogenated alkanes) is 11. The molecular formula is C17H35NO2. The standard InChI is InChI=1S/C17H35NO2/c1-2-3-4-5-6-7-8-9-10-11-12-13-14-17(20)16(18)15-19/h15,17,19-20H,2-14,18H2,1H3. The molecule has 0 fully saturated rings. The summed E-state index contributed by atoms with van der Waals surface area (Å²) in [6.07, 6.45) is 16.5. The van der Waals surface area contributed by atoms with Gasteiger partial charge in [-0.1, -0.05) is 84.0 Å². The van der Waals surface area contributed by atoms with Crippen LogP contribution in [-0.2, 0) is 0 Å². The topological polar surface area (TPSA) is 66.5 Å². The van der Waals surface area contributed by atoms with Gasteiger partial charge in [-0.2, -0.15) is 0 Å². The first-order valence-electron chi connectivity index (χ1n) is 8.50. The van der Waals surface area contributed by atoms with Crippen molar-refractivity contribution in [3.8, 4) is 0 Å². The largest absolute Gasteiger partial charge is 0.514 e. The Labute approximate surface area is 125 Å². The van der Waals surface area contributed by atoms with Gasteiger partial charge in [0.1, 0.15) is 6.26 Å². The molecule has 20 heavy (non-hydrogen) atoms. The molecule has 0 heterocycles.